The molecule has 0 aromatic heterocycles. The van der Waals surface area contributed by atoms with Gasteiger partial charge < -0.3 is 10.6 Å². The lowest BCUT2D eigenvalue weighted by molar-refractivity contribution is -0.118. The van der Waals surface area contributed by atoms with Crippen molar-refractivity contribution in [2.75, 3.05) is 11.1 Å². The summed E-state index contributed by atoms with van der Waals surface area (Å²) in [4.78, 5) is 26.0. The molecule has 5 nitrogen and oxygen atoms in total. The number of hydrogen-bond acceptors (Lipinski definition) is 5. The van der Waals surface area contributed by atoms with Crippen molar-refractivity contribution in [1.29, 1.82) is 5.26 Å². The molecule has 0 radical (unpaired) electrons. The Morgan fingerprint density at radius 1 is 1.20 bits per heavy atom. The third-order valence-electron chi connectivity index (χ3n) is 6.22. The van der Waals surface area contributed by atoms with Crippen LogP contribution in [0.4, 0.5) is 5.69 Å². The van der Waals surface area contributed by atoms with E-state index in [1.165, 1.54) is 11.8 Å². The summed E-state index contributed by atoms with van der Waals surface area (Å²) in [6.07, 6.45) is 1.09. The molecule has 0 saturated heterocycles. The third kappa shape index (κ3) is 5.43. The van der Waals surface area contributed by atoms with E-state index in [-0.39, 0.29) is 22.9 Å². The van der Waals surface area contributed by atoms with E-state index in [4.69, 9.17) is 23.2 Å². The number of halogens is 2. The second-order valence-electron chi connectivity index (χ2n) is 9.55. The molecular weight excluding hydrogens is 501 g/mol. The van der Waals surface area contributed by atoms with E-state index in [9.17, 15) is 14.9 Å². The number of nitrogens with one attached hydrogen (secondary N) is 2. The smallest absolute Gasteiger partial charge is 0.234 e. The number of carbonyl (C=O) groups excluding carboxylic acids is 2. The molecule has 2 aromatic rings. The van der Waals surface area contributed by atoms with Gasteiger partial charge in [-0.3, -0.25) is 9.59 Å². The van der Waals surface area contributed by atoms with Crippen LogP contribution in [0.25, 0.3) is 0 Å². The van der Waals surface area contributed by atoms with Crippen LogP contribution < -0.4 is 10.6 Å². The fourth-order valence-electron chi connectivity index (χ4n) is 4.55. The Hall–Kier alpha value is -2.72. The quantitative estimate of drug-likeness (QED) is 0.451. The lowest BCUT2D eigenvalue weighted by Gasteiger charge is -2.39. The fourth-order valence-corrected chi connectivity index (χ4v) is 5.71. The molecule has 1 aliphatic heterocycles. The highest BCUT2D eigenvalue weighted by molar-refractivity contribution is 8.03. The number of ketones is 1. The SMILES string of the molecule is Cc1c(Cl)cccc1NC(=O)CSC1=C(C#N)[C@@H](c2ccc(Cl)cc2)C2=C(CC(C)(C)CC2=O)N1. The number of anilines is 1. The zero-order chi connectivity index (χ0) is 25.3. The van der Waals surface area contributed by atoms with Crippen molar-refractivity contribution in [1.82, 2.24) is 5.32 Å². The third-order valence-corrected chi connectivity index (χ3v) is 7.90. The Kier molecular flexibility index (Phi) is 7.32. The van der Waals surface area contributed by atoms with Crippen LogP contribution in [0, 0.1) is 23.7 Å². The van der Waals surface area contributed by atoms with Crippen molar-refractivity contribution in [3.8, 4) is 6.07 Å². The number of dihydropyridines is 1. The van der Waals surface area contributed by atoms with E-state index in [1.807, 2.05) is 19.1 Å². The highest BCUT2D eigenvalue weighted by Gasteiger charge is 2.41. The molecule has 8 heteroatoms. The summed E-state index contributed by atoms with van der Waals surface area (Å²) in [6.45, 7) is 5.96. The van der Waals surface area contributed by atoms with Gasteiger partial charge >= 0.3 is 0 Å². The molecule has 35 heavy (non-hydrogen) atoms. The molecule has 0 bridgehead atoms. The summed E-state index contributed by atoms with van der Waals surface area (Å²) < 4.78 is 0. The minimum atomic E-state index is -0.502. The molecule has 1 heterocycles. The largest absolute Gasteiger partial charge is 0.352 e. The molecule has 4 rings (SSSR count). The van der Waals surface area contributed by atoms with E-state index in [0.717, 1.165) is 16.8 Å². The van der Waals surface area contributed by atoms with Crippen molar-refractivity contribution >= 4 is 52.3 Å². The summed E-state index contributed by atoms with van der Waals surface area (Å²) >= 11 is 13.5. The van der Waals surface area contributed by atoms with Crippen LogP contribution in [-0.2, 0) is 9.59 Å². The van der Waals surface area contributed by atoms with Gasteiger partial charge in [0.15, 0.2) is 5.78 Å². The predicted octanol–water partition coefficient (Wildman–Crippen LogP) is 6.74. The lowest BCUT2D eigenvalue weighted by atomic mass is 9.69. The van der Waals surface area contributed by atoms with E-state index in [0.29, 0.717) is 44.7 Å². The van der Waals surface area contributed by atoms with Gasteiger partial charge in [-0.25, -0.2) is 0 Å². The molecule has 2 aromatic carbocycles. The van der Waals surface area contributed by atoms with Gasteiger partial charge in [0.25, 0.3) is 0 Å². The van der Waals surface area contributed by atoms with Gasteiger partial charge in [-0.1, -0.05) is 67.0 Å². The van der Waals surface area contributed by atoms with Gasteiger partial charge in [-0.15, -0.1) is 0 Å². The van der Waals surface area contributed by atoms with Crippen LogP contribution in [-0.4, -0.2) is 17.4 Å². The highest BCUT2D eigenvalue weighted by Crippen LogP contribution is 2.48. The summed E-state index contributed by atoms with van der Waals surface area (Å²) in [5.74, 6) is -0.588. The van der Waals surface area contributed by atoms with Gasteiger partial charge in [0, 0.05) is 33.4 Å². The van der Waals surface area contributed by atoms with Gasteiger partial charge in [0.2, 0.25) is 5.91 Å². The van der Waals surface area contributed by atoms with Crippen molar-refractivity contribution in [3.63, 3.8) is 0 Å². The molecule has 0 saturated carbocycles. The van der Waals surface area contributed by atoms with E-state index in [1.54, 1.807) is 30.3 Å². The molecule has 1 atom stereocenters. The minimum Gasteiger partial charge on any atom is -0.352 e. The summed E-state index contributed by atoms with van der Waals surface area (Å²) in [6, 6.07) is 14.9. The maximum atomic E-state index is 13.3. The summed E-state index contributed by atoms with van der Waals surface area (Å²) in [7, 11) is 0. The Morgan fingerprint density at radius 2 is 1.91 bits per heavy atom. The molecule has 0 fully saturated rings. The summed E-state index contributed by atoms with van der Waals surface area (Å²) in [5.41, 5.74) is 3.94. The lowest BCUT2D eigenvalue weighted by Crippen LogP contribution is -2.37. The first-order valence-electron chi connectivity index (χ1n) is 11.2. The van der Waals surface area contributed by atoms with Gasteiger partial charge in [-0.2, -0.15) is 5.26 Å². The van der Waals surface area contributed by atoms with Crippen LogP contribution in [0.15, 0.2) is 64.3 Å². The molecule has 0 spiro atoms. The van der Waals surface area contributed by atoms with Gasteiger partial charge in [-0.05, 0) is 54.2 Å². The average Bonchev–Trinajstić information content (AvgIpc) is 2.79. The number of allylic oxidation sites excluding steroid dienone is 3. The first-order valence-corrected chi connectivity index (χ1v) is 12.9. The second kappa shape index (κ2) is 10.1. The normalized spacial score (nSPS) is 19.1. The topological polar surface area (TPSA) is 82.0 Å². The van der Waals surface area contributed by atoms with Crippen molar-refractivity contribution in [3.05, 3.63) is 85.5 Å². The maximum Gasteiger partial charge on any atom is 0.234 e. The summed E-state index contributed by atoms with van der Waals surface area (Å²) in [5, 5.41) is 18.1. The molecule has 1 aliphatic carbocycles. The zero-order valence-corrected chi connectivity index (χ0v) is 22.0. The second-order valence-corrected chi connectivity index (χ2v) is 11.4. The first-order chi connectivity index (χ1) is 16.6. The number of carbonyl (C=O) groups is 2. The van der Waals surface area contributed by atoms with Crippen molar-refractivity contribution in [2.45, 2.75) is 39.5 Å². The number of Topliss-reactive ketones (excluding diaryl/α,β-unsaturated/α-hetero) is 1. The van der Waals surface area contributed by atoms with Gasteiger partial charge in [0.1, 0.15) is 0 Å². The zero-order valence-electron chi connectivity index (χ0n) is 19.7. The number of rotatable bonds is 5. The standard InChI is InChI=1S/C27H25Cl2N3O2S/c1-15-19(29)5-4-6-20(15)31-23(34)14-35-26-18(13-30)24(16-7-9-17(28)10-8-16)25-21(32-26)11-27(2,3)12-22(25)33/h4-10,24,32H,11-12,14H2,1-3H3,(H,31,34)/t24-/m1/s1. The molecular formula is C27H25Cl2N3O2S. The van der Waals surface area contributed by atoms with E-state index in [2.05, 4.69) is 30.6 Å². The van der Waals surface area contributed by atoms with E-state index >= 15 is 0 Å². The van der Waals surface area contributed by atoms with Crippen LogP contribution in [0.3, 0.4) is 0 Å². The molecule has 1 amide bonds. The number of hydrogen-bond donors (Lipinski definition) is 2. The van der Waals surface area contributed by atoms with Crippen LogP contribution in [0.2, 0.25) is 10.0 Å². The average molecular weight is 526 g/mol. The van der Waals surface area contributed by atoms with E-state index < -0.39 is 5.92 Å². The Balaban J connectivity index is 1.65. The number of amides is 1. The van der Waals surface area contributed by atoms with Crippen LogP contribution in [0.1, 0.15) is 43.7 Å². The molecule has 2 N–H and O–H groups in total. The Labute approximate surface area is 219 Å². The molecule has 180 valence electrons. The van der Waals surface area contributed by atoms with Crippen molar-refractivity contribution < 1.29 is 9.59 Å². The number of thioether (sulfide) groups is 1. The minimum absolute atomic E-state index is 0.0367. The monoisotopic (exact) mass is 525 g/mol. The predicted molar refractivity (Wildman–Crippen MR) is 142 cm³/mol. The van der Waals surface area contributed by atoms with Gasteiger partial charge in [0.05, 0.1) is 28.3 Å². The fraction of sp³-hybridized carbons (Fsp3) is 0.296. The Morgan fingerprint density at radius 3 is 2.60 bits per heavy atom. The van der Waals surface area contributed by atoms with Crippen LogP contribution >= 0.6 is 35.0 Å². The number of benzene rings is 2. The maximum absolute atomic E-state index is 13.3. The van der Waals surface area contributed by atoms with Crippen LogP contribution in [0.5, 0.6) is 0 Å². The molecule has 2 aliphatic rings. The number of nitrogens with zero attached hydrogens (tertiary/aromatic N) is 1. The van der Waals surface area contributed by atoms with Crippen molar-refractivity contribution in [2.24, 2.45) is 5.41 Å². The first kappa shape index (κ1) is 25.4. The number of nitriles is 1. The Bertz CT molecular complexity index is 1310. The molecule has 0 unspecified atom stereocenters. The highest BCUT2D eigenvalue weighted by atomic mass is 35.5.